The van der Waals surface area contributed by atoms with Crippen molar-refractivity contribution in [1.82, 2.24) is 10.6 Å². The Hall–Kier alpha value is -3.78. The Balaban J connectivity index is 0.670. The summed E-state index contributed by atoms with van der Waals surface area (Å²) in [6.07, 6.45) is 12.4. The van der Waals surface area contributed by atoms with Gasteiger partial charge in [0.15, 0.2) is 23.0 Å². The number of benzene rings is 2. The van der Waals surface area contributed by atoms with E-state index in [1.54, 1.807) is 33.7 Å². The van der Waals surface area contributed by atoms with Gasteiger partial charge < -0.3 is 39.8 Å². The van der Waals surface area contributed by atoms with Crippen LogP contribution >= 0.6 is 21.6 Å². The third-order valence-electron chi connectivity index (χ3n) is 16.3. The van der Waals surface area contributed by atoms with Crippen molar-refractivity contribution in [2.45, 2.75) is 152 Å². The summed E-state index contributed by atoms with van der Waals surface area (Å²) in [7, 11) is 3.34. The van der Waals surface area contributed by atoms with Crippen LogP contribution in [0.4, 0.5) is 0 Å². The van der Waals surface area contributed by atoms with Gasteiger partial charge in [0.2, 0.25) is 11.8 Å². The maximum Gasteiger partial charge on any atom is 0.303 e. The van der Waals surface area contributed by atoms with E-state index in [9.17, 15) is 29.4 Å². The van der Waals surface area contributed by atoms with Gasteiger partial charge in [-0.3, -0.25) is 19.2 Å². The fourth-order valence-corrected chi connectivity index (χ4v) is 16.2. The van der Waals surface area contributed by atoms with Crippen LogP contribution in [0, 0.1) is 23.7 Å². The van der Waals surface area contributed by atoms with Crippen molar-refractivity contribution in [3.63, 3.8) is 0 Å². The fourth-order valence-electron chi connectivity index (χ4n) is 14.4. The first-order valence-corrected chi connectivity index (χ1v) is 25.7. The third kappa shape index (κ3) is 6.94. The molecule has 2 aromatic rings. The number of aromatic hydroxyl groups is 2. The molecule has 0 radical (unpaired) electrons. The summed E-state index contributed by atoms with van der Waals surface area (Å²) >= 11 is 0. The number of phenols is 2. The molecule has 10 atom stereocenters. The van der Waals surface area contributed by atoms with E-state index >= 15 is 0 Å². The lowest BCUT2D eigenvalue weighted by molar-refractivity contribution is -0.162. The molecule has 2 spiro atoms. The Labute approximate surface area is 371 Å². The van der Waals surface area contributed by atoms with Gasteiger partial charge in [0.25, 0.3) is 0 Å². The van der Waals surface area contributed by atoms with Crippen LogP contribution in [-0.2, 0) is 65.2 Å². The Kier molecular flexibility index (Phi) is 11.3. The second kappa shape index (κ2) is 16.7. The van der Waals surface area contributed by atoms with Crippen molar-refractivity contribution in [3.8, 4) is 23.0 Å². The number of hydrogen-bond acceptors (Lipinski definition) is 12. The van der Waals surface area contributed by atoms with Gasteiger partial charge in [-0.2, -0.15) is 0 Å². The molecule has 62 heavy (non-hydrogen) atoms. The Morgan fingerprint density at radius 2 is 1.11 bits per heavy atom. The van der Waals surface area contributed by atoms with E-state index in [1.807, 2.05) is 0 Å². The van der Waals surface area contributed by atoms with E-state index in [1.165, 1.54) is 37.8 Å². The number of carbonyl (C=O) groups is 4. The molecule has 2 amide bonds. The molecular weight excluding hydrogens is 829 g/mol. The van der Waals surface area contributed by atoms with Crippen molar-refractivity contribution < 1.29 is 48.3 Å². The predicted octanol–water partition coefficient (Wildman–Crippen LogP) is 6.67. The highest BCUT2D eigenvalue weighted by atomic mass is 33.1. The summed E-state index contributed by atoms with van der Waals surface area (Å²) in [5.74, 6) is 4.16. The number of phenolic OH excluding ortho intramolecular Hbond substituents is 2. The number of hydrogen-bond donors (Lipinski definition) is 4. The van der Waals surface area contributed by atoms with Crippen molar-refractivity contribution in [2.75, 3.05) is 24.6 Å². The molecule has 0 aromatic heterocycles. The minimum atomic E-state index is -0.323. The second-order valence-corrected chi connectivity index (χ2v) is 22.1. The molecule has 334 valence electrons. The van der Waals surface area contributed by atoms with Crippen LogP contribution in [-0.4, -0.2) is 83.0 Å². The van der Waals surface area contributed by atoms with Crippen molar-refractivity contribution in [3.05, 3.63) is 45.5 Å². The topological polar surface area (TPSA) is 170 Å². The smallest absolute Gasteiger partial charge is 0.303 e. The molecule has 4 bridgehead atoms. The standard InChI is InChI=1S/C48H60N2O10S2/c1-25(51)57-37-11-9-33-29-5-3-15-47(33)41-31(21-29)27(23-35(53)43(41)59-45(37)47)7-13-39(55)49-17-19-61-62-20-18-50-40(56)14-8-28-24-36(54)44-42-32(28)22-30-6-4-16-48(42)34(30)10-12-38(46(48)60-44)58-26(2)52/h23-24,29-30,33-34,37-38,45-46,53-54H,3-22H2,1-2H3,(H,49,55)(H,50,56)/t29-,30+,33?,34?,37+,38-,45+,46-,47+,48-. The highest BCUT2D eigenvalue weighted by Crippen LogP contribution is 2.68. The van der Waals surface area contributed by atoms with Gasteiger partial charge in [-0.05, 0) is 135 Å². The Morgan fingerprint density at radius 1 is 0.677 bits per heavy atom. The van der Waals surface area contributed by atoms with Crippen LogP contribution < -0.4 is 20.1 Å². The fraction of sp³-hybridized carbons (Fsp3) is 0.667. The SMILES string of the molecule is CC(=O)O[C@H]1CCC2[C@@H]3CCC[C@@]24c2c(c(CCC(=O)NCCSSCCNC(=O)CCc5cc(O)c6c7c5C[C@@H]5CCC[C@@]78C5CC[C@@H](OC(C)=O)[C@H]8O6)cc(O)c2O[C@@H]14)C3. The van der Waals surface area contributed by atoms with E-state index in [2.05, 4.69) is 10.6 Å². The molecule has 4 N–H and O–H groups in total. The molecule has 2 unspecified atom stereocenters. The Morgan fingerprint density at radius 3 is 1.53 bits per heavy atom. The van der Waals surface area contributed by atoms with Gasteiger partial charge in [-0.25, -0.2) is 0 Å². The summed E-state index contributed by atoms with van der Waals surface area (Å²) in [6, 6.07) is 3.60. The molecule has 2 aromatic carbocycles. The van der Waals surface area contributed by atoms with Crippen molar-refractivity contribution in [2.24, 2.45) is 23.7 Å². The van der Waals surface area contributed by atoms with Crippen molar-refractivity contribution in [1.29, 1.82) is 0 Å². The molecule has 14 heteroatoms. The Bertz CT molecular complexity index is 2020. The first kappa shape index (κ1) is 42.2. The molecule has 10 rings (SSSR count). The first-order chi connectivity index (χ1) is 30.0. The number of amides is 2. The van der Waals surface area contributed by atoms with Gasteiger partial charge in [-0.15, -0.1) is 0 Å². The van der Waals surface area contributed by atoms with Crippen LogP contribution in [0.25, 0.3) is 0 Å². The van der Waals surface area contributed by atoms with E-state index in [-0.39, 0.29) is 70.5 Å². The lowest BCUT2D eigenvalue weighted by atomic mass is 9.48. The highest BCUT2D eigenvalue weighted by molar-refractivity contribution is 8.76. The van der Waals surface area contributed by atoms with Gasteiger partial charge in [0.05, 0.1) is 0 Å². The zero-order valence-electron chi connectivity index (χ0n) is 35.9. The quantitative estimate of drug-likeness (QED) is 0.0853. The maximum absolute atomic E-state index is 13.0. The molecule has 8 aliphatic rings. The van der Waals surface area contributed by atoms with E-state index in [4.69, 9.17) is 18.9 Å². The van der Waals surface area contributed by atoms with Gasteiger partial charge in [0.1, 0.15) is 24.4 Å². The second-order valence-electron chi connectivity index (χ2n) is 19.4. The van der Waals surface area contributed by atoms with Gasteiger partial charge >= 0.3 is 11.9 Å². The molecular formula is C48H60N2O10S2. The number of rotatable bonds is 15. The molecule has 4 saturated carbocycles. The lowest BCUT2D eigenvalue weighted by Crippen LogP contribution is -2.60. The zero-order valence-corrected chi connectivity index (χ0v) is 37.5. The zero-order chi connectivity index (χ0) is 42.9. The molecule has 4 fully saturated rings. The summed E-state index contributed by atoms with van der Waals surface area (Å²) < 4.78 is 24.7. The number of esters is 2. The van der Waals surface area contributed by atoms with Gasteiger partial charge in [-0.1, -0.05) is 34.4 Å². The summed E-state index contributed by atoms with van der Waals surface area (Å²) in [6.45, 7) is 3.99. The van der Waals surface area contributed by atoms with E-state index in [0.29, 0.717) is 73.9 Å². The molecule has 12 nitrogen and oxygen atoms in total. The minimum absolute atomic E-state index is 0.0189. The molecule has 2 heterocycles. The average Bonchev–Trinajstić information content (AvgIpc) is 3.76. The van der Waals surface area contributed by atoms with Crippen LogP contribution in [0.5, 0.6) is 23.0 Å². The maximum atomic E-state index is 13.0. The third-order valence-corrected chi connectivity index (χ3v) is 18.7. The molecule has 2 aliphatic heterocycles. The normalized spacial score (nSPS) is 32.4. The summed E-state index contributed by atoms with van der Waals surface area (Å²) in [4.78, 5) is 50.1. The van der Waals surface area contributed by atoms with Crippen molar-refractivity contribution >= 4 is 45.3 Å². The number of ether oxygens (including phenoxy) is 4. The van der Waals surface area contributed by atoms with Crippen LogP contribution in [0.15, 0.2) is 12.1 Å². The van der Waals surface area contributed by atoms with E-state index in [0.717, 1.165) is 98.0 Å². The monoisotopic (exact) mass is 888 g/mol. The van der Waals surface area contributed by atoms with Crippen LogP contribution in [0.1, 0.15) is 124 Å². The number of aryl methyl sites for hydroxylation is 2. The predicted molar refractivity (Wildman–Crippen MR) is 235 cm³/mol. The largest absolute Gasteiger partial charge is 0.504 e. The molecule has 6 aliphatic carbocycles. The number of nitrogens with one attached hydrogen (secondary N) is 2. The average molecular weight is 889 g/mol. The van der Waals surface area contributed by atoms with Gasteiger partial charge in [0, 0.05) is 73.2 Å². The lowest BCUT2D eigenvalue weighted by Gasteiger charge is -2.56. The summed E-state index contributed by atoms with van der Waals surface area (Å²) in [5, 5.41) is 28.6. The number of carbonyl (C=O) groups excluding carboxylic acids is 4. The summed E-state index contributed by atoms with van der Waals surface area (Å²) in [5.41, 5.74) is 6.26. The first-order valence-electron chi connectivity index (χ1n) is 23.2. The van der Waals surface area contributed by atoms with Crippen LogP contribution in [0.2, 0.25) is 0 Å². The van der Waals surface area contributed by atoms with Crippen LogP contribution in [0.3, 0.4) is 0 Å². The van der Waals surface area contributed by atoms with E-state index < -0.39 is 0 Å². The highest BCUT2D eigenvalue weighted by Gasteiger charge is 2.67. The molecule has 0 saturated heterocycles. The minimum Gasteiger partial charge on any atom is -0.504 e.